The van der Waals surface area contributed by atoms with Crippen LogP contribution in [0.5, 0.6) is 0 Å². The molecule has 1 fully saturated rings. The normalized spacial score (nSPS) is 23.1. The highest BCUT2D eigenvalue weighted by molar-refractivity contribution is 5.20. The Labute approximate surface area is 83.1 Å². The first kappa shape index (κ1) is 9.62. The molecule has 1 aliphatic heterocycles. The number of benzene rings is 1. The first-order chi connectivity index (χ1) is 6.86. The lowest BCUT2D eigenvalue weighted by molar-refractivity contribution is 0.150. The van der Waals surface area contributed by atoms with Crippen molar-refractivity contribution < 1.29 is 9.13 Å². The Kier molecular flexibility index (Phi) is 3.11. The van der Waals surface area contributed by atoms with Crippen molar-refractivity contribution in [1.82, 2.24) is 5.32 Å². The summed E-state index contributed by atoms with van der Waals surface area (Å²) in [4.78, 5) is 0. The van der Waals surface area contributed by atoms with Crippen molar-refractivity contribution in [2.45, 2.75) is 12.5 Å². The fraction of sp³-hybridized carbons (Fsp3) is 0.455. The second kappa shape index (κ2) is 4.53. The van der Waals surface area contributed by atoms with Crippen LogP contribution in [-0.2, 0) is 4.74 Å². The maximum atomic E-state index is 12.7. The number of nitrogens with one attached hydrogen (secondary N) is 1. The van der Waals surface area contributed by atoms with E-state index in [0.29, 0.717) is 6.04 Å². The molecule has 0 radical (unpaired) electrons. The molecule has 1 aromatic carbocycles. The Hall–Kier alpha value is -0.930. The number of hydrogen-bond acceptors (Lipinski definition) is 2. The van der Waals surface area contributed by atoms with Gasteiger partial charge in [-0.15, -0.1) is 0 Å². The molecule has 1 aromatic rings. The predicted octanol–water partition coefficient (Wildman–Crippen LogP) is 1.88. The van der Waals surface area contributed by atoms with Gasteiger partial charge in [-0.05, 0) is 24.1 Å². The van der Waals surface area contributed by atoms with E-state index in [1.54, 1.807) is 0 Å². The van der Waals surface area contributed by atoms with Gasteiger partial charge in [0.05, 0.1) is 6.61 Å². The van der Waals surface area contributed by atoms with E-state index in [4.69, 9.17) is 4.74 Å². The largest absolute Gasteiger partial charge is 0.380 e. The highest BCUT2D eigenvalue weighted by Crippen LogP contribution is 2.18. The highest BCUT2D eigenvalue weighted by Gasteiger charge is 2.13. The van der Waals surface area contributed by atoms with Crippen molar-refractivity contribution >= 4 is 0 Å². The molecule has 2 rings (SSSR count). The summed E-state index contributed by atoms with van der Waals surface area (Å²) in [6.07, 6.45) is 0.950. The summed E-state index contributed by atoms with van der Waals surface area (Å²) in [6.45, 7) is 2.40. The minimum absolute atomic E-state index is 0.182. The summed E-state index contributed by atoms with van der Waals surface area (Å²) in [5, 5.41) is 3.37. The lowest BCUT2D eigenvalue weighted by atomic mass is 10.0. The van der Waals surface area contributed by atoms with E-state index in [-0.39, 0.29) is 5.82 Å². The van der Waals surface area contributed by atoms with Crippen molar-refractivity contribution in [2.75, 3.05) is 19.8 Å². The Balaban J connectivity index is 2.08. The Morgan fingerprint density at radius 2 is 2.00 bits per heavy atom. The Morgan fingerprint density at radius 1 is 1.21 bits per heavy atom. The molecule has 1 atom stereocenters. The molecule has 3 heteroatoms. The Morgan fingerprint density at radius 3 is 2.79 bits per heavy atom. The monoisotopic (exact) mass is 195 g/mol. The van der Waals surface area contributed by atoms with Crippen molar-refractivity contribution in [3.63, 3.8) is 0 Å². The first-order valence-corrected chi connectivity index (χ1v) is 4.93. The molecule has 1 heterocycles. The maximum absolute atomic E-state index is 12.7. The van der Waals surface area contributed by atoms with Gasteiger partial charge in [-0.25, -0.2) is 4.39 Å². The third kappa shape index (κ3) is 2.30. The number of rotatable bonds is 1. The van der Waals surface area contributed by atoms with E-state index in [1.807, 2.05) is 12.1 Å². The molecular weight excluding hydrogens is 181 g/mol. The van der Waals surface area contributed by atoms with Crippen molar-refractivity contribution in [3.05, 3.63) is 35.6 Å². The average molecular weight is 195 g/mol. The van der Waals surface area contributed by atoms with Gasteiger partial charge in [0.25, 0.3) is 0 Å². The summed E-state index contributed by atoms with van der Waals surface area (Å²) in [5.74, 6) is -0.182. The van der Waals surface area contributed by atoms with Crippen LogP contribution in [0.1, 0.15) is 18.0 Å². The molecular formula is C11H14FNO. The van der Waals surface area contributed by atoms with Gasteiger partial charge in [-0.3, -0.25) is 0 Å². The second-order valence-corrected chi connectivity index (χ2v) is 3.46. The number of ether oxygens (including phenoxy) is 1. The Bertz CT molecular complexity index is 278. The quantitative estimate of drug-likeness (QED) is 0.738. The fourth-order valence-corrected chi connectivity index (χ4v) is 1.69. The van der Waals surface area contributed by atoms with Gasteiger partial charge < -0.3 is 10.1 Å². The van der Waals surface area contributed by atoms with Gasteiger partial charge in [-0.2, -0.15) is 0 Å². The minimum Gasteiger partial charge on any atom is -0.380 e. The van der Waals surface area contributed by atoms with Gasteiger partial charge in [0, 0.05) is 19.2 Å². The van der Waals surface area contributed by atoms with E-state index in [2.05, 4.69) is 5.32 Å². The molecule has 0 amide bonds. The van der Waals surface area contributed by atoms with Gasteiger partial charge in [0.1, 0.15) is 5.82 Å². The number of halogens is 1. The zero-order valence-electron chi connectivity index (χ0n) is 8.00. The van der Waals surface area contributed by atoms with Crippen LogP contribution in [0.4, 0.5) is 4.39 Å². The van der Waals surface area contributed by atoms with Crippen molar-refractivity contribution in [1.29, 1.82) is 0 Å². The van der Waals surface area contributed by atoms with Crippen LogP contribution in [0, 0.1) is 5.82 Å². The van der Waals surface area contributed by atoms with Crippen LogP contribution in [0.25, 0.3) is 0 Å². The zero-order valence-corrected chi connectivity index (χ0v) is 8.00. The third-order valence-corrected chi connectivity index (χ3v) is 2.46. The van der Waals surface area contributed by atoms with Gasteiger partial charge in [0.15, 0.2) is 0 Å². The molecule has 1 unspecified atom stereocenters. The van der Waals surface area contributed by atoms with Crippen LogP contribution in [0.3, 0.4) is 0 Å². The third-order valence-electron chi connectivity index (χ3n) is 2.46. The van der Waals surface area contributed by atoms with E-state index >= 15 is 0 Å². The predicted molar refractivity (Wildman–Crippen MR) is 52.6 cm³/mol. The van der Waals surface area contributed by atoms with Crippen LogP contribution < -0.4 is 5.32 Å². The van der Waals surface area contributed by atoms with Crippen LogP contribution in [0.15, 0.2) is 24.3 Å². The first-order valence-electron chi connectivity index (χ1n) is 4.93. The van der Waals surface area contributed by atoms with Gasteiger partial charge in [0.2, 0.25) is 0 Å². The summed E-state index contributed by atoms with van der Waals surface area (Å²) in [7, 11) is 0. The van der Waals surface area contributed by atoms with Crippen LogP contribution in [0.2, 0.25) is 0 Å². The standard InChI is InChI=1S/C11H14FNO/c12-10-3-1-9(2-4-10)11-5-7-14-8-6-13-11/h1-4,11,13H,5-8H2. The molecule has 1 saturated heterocycles. The molecule has 0 spiro atoms. The molecule has 76 valence electrons. The van der Waals surface area contributed by atoms with Gasteiger partial charge >= 0.3 is 0 Å². The highest BCUT2D eigenvalue weighted by atomic mass is 19.1. The van der Waals surface area contributed by atoms with Crippen LogP contribution in [-0.4, -0.2) is 19.8 Å². The summed E-state index contributed by atoms with van der Waals surface area (Å²) < 4.78 is 18.0. The van der Waals surface area contributed by atoms with E-state index < -0.39 is 0 Å². The maximum Gasteiger partial charge on any atom is 0.123 e. The molecule has 1 aliphatic rings. The van der Waals surface area contributed by atoms with E-state index in [1.165, 1.54) is 12.1 Å². The molecule has 0 aliphatic carbocycles. The molecule has 14 heavy (non-hydrogen) atoms. The summed E-state index contributed by atoms with van der Waals surface area (Å²) in [5.41, 5.74) is 1.14. The molecule has 1 N–H and O–H groups in total. The molecule has 2 nitrogen and oxygen atoms in total. The summed E-state index contributed by atoms with van der Waals surface area (Å²) in [6, 6.07) is 6.97. The molecule has 0 aromatic heterocycles. The molecule has 0 saturated carbocycles. The van der Waals surface area contributed by atoms with Crippen LogP contribution >= 0.6 is 0 Å². The minimum atomic E-state index is -0.182. The van der Waals surface area contributed by atoms with Crippen molar-refractivity contribution in [2.24, 2.45) is 0 Å². The lowest BCUT2D eigenvalue weighted by Gasteiger charge is -2.14. The topological polar surface area (TPSA) is 21.3 Å². The molecule has 0 bridgehead atoms. The number of hydrogen-bond donors (Lipinski definition) is 1. The fourth-order valence-electron chi connectivity index (χ4n) is 1.69. The summed E-state index contributed by atoms with van der Waals surface area (Å²) >= 11 is 0. The van der Waals surface area contributed by atoms with Crippen molar-refractivity contribution in [3.8, 4) is 0 Å². The lowest BCUT2D eigenvalue weighted by Crippen LogP contribution is -2.21. The smallest absolute Gasteiger partial charge is 0.123 e. The SMILES string of the molecule is Fc1ccc(C2CCOCCN2)cc1. The van der Waals surface area contributed by atoms with E-state index in [0.717, 1.165) is 31.7 Å². The zero-order chi connectivity index (χ0) is 9.80. The van der Waals surface area contributed by atoms with Gasteiger partial charge in [-0.1, -0.05) is 12.1 Å². The second-order valence-electron chi connectivity index (χ2n) is 3.46. The van der Waals surface area contributed by atoms with E-state index in [9.17, 15) is 4.39 Å². The average Bonchev–Trinajstić information content (AvgIpc) is 2.47.